The van der Waals surface area contributed by atoms with E-state index in [1.807, 2.05) is 42.5 Å². The number of benzene rings is 7. The molecule has 2 aliphatic rings. The lowest BCUT2D eigenvalue weighted by Crippen LogP contribution is -2.47. The minimum absolute atomic E-state index is 0.151. The lowest BCUT2D eigenvalue weighted by Gasteiger charge is -2.35. The molecule has 59 heavy (non-hydrogen) atoms. The molecule has 0 bridgehead atoms. The van der Waals surface area contributed by atoms with E-state index in [9.17, 15) is 24.0 Å². The third-order valence-corrected chi connectivity index (χ3v) is 12.1. The van der Waals surface area contributed by atoms with Crippen molar-refractivity contribution in [3.63, 3.8) is 0 Å². The number of hydrogen-bond acceptors (Lipinski definition) is 6. The first kappa shape index (κ1) is 37.9. The number of fused-ring (bicyclic) bond motifs is 2. The van der Waals surface area contributed by atoms with Crippen molar-refractivity contribution in [1.82, 2.24) is 9.96 Å². The van der Waals surface area contributed by atoms with Crippen LogP contribution in [0, 0.1) is 0 Å². The molecule has 2 heterocycles. The summed E-state index contributed by atoms with van der Waals surface area (Å²) in [5.74, 6) is -1.69. The smallest absolute Gasteiger partial charge is 0.295 e. The van der Waals surface area contributed by atoms with E-state index in [1.54, 1.807) is 65.6 Å². The van der Waals surface area contributed by atoms with Crippen molar-refractivity contribution in [2.45, 2.75) is 84.1 Å². The van der Waals surface area contributed by atoms with Crippen LogP contribution in [-0.4, -0.2) is 45.5 Å². The first-order chi connectivity index (χ1) is 28.8. The molecule has 2 aliphatic heterocycles. The van der Waals surface area contributed by atoms with Gasteiger partial charge in [-0.3, -0.25) is 28.9 Å². The summed E-state index contributed by atoms with van der Waals surface area (Å²) in [4.78, 5) is 77.2. The van der Waals surface area contributed by atoms with E-state index >= 15 is 0 Å². The first-order valence-corrected chi connectivity index (χ1v) is 20.9. The predicted molar refractivity (Wildman–Crippen MR) is 231 cm³/mol. The van der Waals surface area contributed by atoms with Gasteiger partial charge in [0.1, 0.15) is 0 Å². The predicted octanol–water partition coefficient (Wildman–Crippen LogP) is 11.5. The highest BCUT2D eigenvalue weighted by Gasteiger charge is 2.40. The third-order valence-electron chi connectivity index (χ3n) is 12.1. The molecule has 7 aromatic rings. The summed E-state index contributed by atoms with van der Waals surface area (Å²) in [6.07, 6.45) is 10.2. The van der Waals surface area contributed by atoms with Gasteiger partial charge in [-0.25, -0.2) is 0 Å². The Morgan fingerprint density at radius 3 is 1.44 bits per heavy atom. The minimum Gasteiger partial charge on any atom is -0.368 e. The lowest BCUT2D eigenvalue weighted by molar-refractivity contribution is -0.0191. The van der Waals surface area contributed by atoms with Crippen molar-refractivity contribution in [2.75, 3.05) is 5.32 Å². The zero-order valence-electron chi connectivity index (χ0n) is 33.3. The average molecular weight is 784 g/mol. The van der Waals surface area contributed by atoms with Gasteiger partial charge in [-0.2, -0.15) is 0 Å². The summed E-state index contributed by atoms with van der Waals surface area (Å²) < 4.78 is 0. The molecule has 7 aromatic carbocycles. The normalized spacial score (nSPS) is 13.9. The van der Waals surface area contributed by atoms with Crippen molar-refractivity contribution in [3.8, 4) is 5.75 Å². The number of unbranched alkanes of at least 4 members (excludes halogenated alkanes) is 6. The maximum Gasteiger partial charge on any atom is 0.295 e. The molecule has 0 atom stereocenters. The van der Waals surface area contributed by atoms with Crippen molar-refractivity contribution in [3.05, 3.63) is 131 Å². The summed E-state index contributed by atoms with van der Waals surface area (Å²) in [6.45, 7) is 4.37. The highest BCUT2D eigenvalue weighted by atomic mass is 16.7. The Balaban J connectivity index is 1.05. The van der Waals surface area contributed by atoms with E-state index in [1.165, 1.54) is 0 Å². The quantitative estimate of drug-likeness (QED) is 0.0479. The van der Waals surface area contributed by atoms with E-state index in [4.69, 9.17) is 4.84 Å². The topological polar surface area (TPSA) is 113 Å². The molecule has 0 aromatic heterocycles. The number of nitrogens with zero attached hydrogens (tertiary/aromatic N) is 2. The molecule has 0 spiro atoms. The second-order valence-electron chi connectivity index (χ2n) is 15.8. The van der Waals surface area contributed by atoms with Crippen LogP contribution in [0.15, 0.2) is 103 Å². The molecule has 5 amide bonds. The van der Waals surface area contributed by atoms with Crippen LogP contribution in [0.25, 0.3) is 43.1 Å². The second kappa shape index (κ2) is 15.6. The Morgan fingerprint density at radius 2 is 0.983 bits per heavy atom. The van der Waals surface area contributed by atoms with Crippen LogP contribution in [0.4, 0.5) is 5.69 Å². The number of hydroxylamine groups is 2. The molecule has 1 N–H and O–H groups in total. The molecular weight excluding hydrogens is 739 g/mol. The molecular formula is C50H45N3O6. The van der Waals surface area contributed by atoms with Gasteiger partial charge in [0.05, 0.1) is 11.1 Å². The summed E-state index contributed by atoms with van der Waals surface area (Å²) in [5.41, 5.74) is 2.76. The zero-order valence-corrected chi connectivity index (χ0v) is 33.3. The molecule has 9 heteroatoms. The van der Waals surface area contributed by atoms with Gasteiger partial charge in [0, 0.05) is 39.2 Å². The number of hydrogen-bond donors (Lipinski definition) is 1. The number of nitrogens with one attached hydrogen (secondary N) is 1. The van der Waals surface area contributed by atoms with Crippen LogP contribution in [0.5, 0.6) is 5.75 Å². The first-order valence-electron chi connectivity index (χ1n) is 20.9. The van der Waals surface area contributed by atoms with Crippen LogP contribution in [0.1, 0.15) is 130 Å². The summed E-state index contributed by atoms with van der Waals surface area (Å²) in [7, 11) is 0. The number of amides is 5. The van der Waals surface area contributed by atoms with Crippen LogP contribution in [-0.2, 0) is 0 Å². The Morgan fingerprint density at radius 1 is 0.525 bits per heavy atom. The van der Waals surface area contributed by atoms with Gasteiger partial charge in [0.25, 0.3) is 29.5 Å². The number of carbonyl (C=O) groups excluding carboxylic acids is 5. The highest BCUT2D eigenvalue weighted by molar-refractivity contribution is 6.41. The number of carbonyl (C=O) groups is 5. The minimum atomic E-state index is -0.598. The number of imide groups is 2. The molecule has 0 aliphatic carbocycles. The van der Waals surface area contributed by atoms with E-state index in [2.05, 4.69) is 19.2 Å². The van der Waals surface area contributed by atoms with Crippen molar-refractivity contribution >= 4 is 78.3 Å². The molecule has 0 saturated heterocycles. The van der Waals surface area contributed by atoms with Gasteiger partial charge in [0.15, 0.2) is 5.75 Å². The Hall–Kier alpha value is -6.61. The lowest BCUT2D eigenvalue weighted by atomic mass is 9.82. The molecule has 0 unspecified atom stereocenters. The standard InChI is InChI=1S/C50H45N3O6/c1-3-5-7-12-16-32(17-13-8-6-4-2)52-47(55)38-26-22-34-36-24-28-40-45-41(29-25-37(43(36)45)35-23-27-39(48(52)56)44(38)42(34)35)50(58)53(49(40)57)59-33-20-18-31(19-21-33)51-46(54)30-14-10-9-11-15-30/h9-11,14-15,18-29,32H,3-8,12-13,16-17H2,1-2H3,(H,51,54). The van der Waals surface area contributed by atoms with Gasteiger partial charge >= 0.3 is 0 Å². The summed E-state index contributed by atoms with van der Waals surface area (Å²) in [6, 6.07) is 30.0. The van der Waals surface area contributed by atoms with Crippen molar-refractivity contribution < 1.29 is 28.8 Å². The monoisotopic (exact) mass is 783 g/mol. The zero-order chi connectivity index (χ0) is 40.8. The number of anilines is 1. The van der Waals surface area contributed by atoms with Crippen LogP contribution < -0.4 is 10.2 Å². The Bertz CT molecular complexity index is 2680. The largest absolute Gasteiger partial charge is 0.368 e. The van der Waals surface area contributed by atoms with E-state index < -0.39 is 11.8 Å². The highest BCUT2D eigenvalue weighted by Crippen LogP contribution is 2.46. The molecule has 296 valence electrons. The van der Waals surface area contributed by atoms with Gasteiger partial charge < -0.3 is 10.2 Å². The molecule has 9 nitrogen and oxygen atoms in total. The van der Waals surface area contributed by atoms with Crippen molar-refractivity contribution in [2.24, 2.45) is 0 Å². The van der Waals surface area contributed by atoms with E-state index in [0.29, 0.717) is 44.3 Å². The van der Waals surface area contributed by atoms with Crippen LogP contribution >= 0.6 is 0 Å². The Kier molecular flexibility index (Phi) is 10.0. The SMILES string of the molecule is CCCCCCC(CCCCCC)N1C(=O)c2ccc3c4ccc5c6c(ccc(c7ccc(c2c37)C1=O)c64)C(=O)N(Oc1ccc(NC(=O)c2ccccc2)cc1)C5=O. The van der Waals surface area contributed by atoms with E-state index in [-0.39, 0.29) is 29.5 Å². The number of rotatable bonds is 15. The Labute approximate surface area is 342 Å². The van der Waals surface area contributed by atoms with Crippen molar-refractivity contribution in [1.29, 1.82) is 0 Å². The molecule has 0 fully saturated rings. The molecule has 0 radical (unpaired) electrons. The van der Waals surface area contributed by atoms with Gasteiger partial charge in [-0.15, -0.1) is 0 Å². The van der Waals surface area contributed by atoms with Crippen LogP contribution in [0.2, 0.25) is 0 Å². The van der Waals surface area contributed by atoms with Crippen LogP contribution in [0.3, 0.4) is 0 Å². The summed E-state index contributed by atoms with van der Waals surface area (Å²) >= 11 is 0. The second-order valence-corrected chi connectivity index (χ2v) is 15.8. The molecule has 0 saturated carbocycles. The maximum absolute atomic E-state index is 14.5. The summed E-state index contributed by atoms with van der Waals surface area (Å²) in [5, 5.41) is 9.77. The van der Waals surface area contributed by atoms with Gasteiger partial charge in [-0.1, -0.05) is 113 Å². The van der Waals surface area contributed by atoms with Gasteiger partial charge in [-0.05, 0) is 106 Å². The average Bonchev–Trinajstić information content (AvgIpc) is 3.26. The fourth-order valence-electron chi connectivity index (χ4n) is 9.19. The van der Waals surface area contributed by atoms with Gasteiger partial charge in [0.2, 0.25) is 0 Å². The van der Waals surface area contributed by atoms with E-state index in [0.717, 1.165) is 102 Å². The molecule has 9 rings (SSSR count). The fourth-order valence-corrected chi connectivity index (χ4v) is 9.19. The third kappa shape index (κ3) is 6.45. The fraction of sp³-hybridized carbons (Fsp3) is 0.260. The maximum atomic E-state index is 14.5.